The zero-order valence-corrected chi connectivity index (χ0v) is 22.9. The third kappa shape index (κ3) is 5.24. The van der Waals surface area contributed by atoms with Gasteiger partial charge < -0.3 is 13.9 Å². The fraction of sp³-hybridized carbons (Fsp3) is 0.0714. The van der Waals surface area contributed by atoms with E-state index in [4.69, 9.17) is 13.9 Å². The first-order chi connectivity index (χ1) is 17.5. The molecule has 0 unspecified atom stereocenters. The molecular weight excluding hydrogens is 635 g/mol. The maximum absolute atomic E-state index is 12.5. The normalized spacial score (nSPS) is 11.3. The van der Waals surface area contributed by atoms with E-state index < -0.39 is 5.91 Å². The predicted molar refractivity (Wildman–Crippen MR) is 153 cm³/mol. The third-order valence-electron chi connectivity index (χ3n) is 5.59. The van der Waals surface area contributed by atoms with Crippen LogP contribution in [0.5, 0.6) is 11.5 Å². The summed E-state index contributed by atoms with van der Waals surface area (Å²) in [4.78, 5) is 12.5. The molecule has 4 aromatic carbocycles. The number of hydrogen-bond acceptors (Lipinski definition) is 5. The molecule has 1 amide bonds. The zero-order valence-electron chi connectivity index (χ0n) is 19.1. The van der Waals surface area contributed by atoms with Crippen LogP contribution < -0.4 is 14.9 Å². The van der Waals surface area contributed by atoms with Crippen molar-refractivity contribution in [2.75, 3.05) is 7.11 Å². The Kier molecular flexibility index (Phi) is 7.24. The molecule has 0 bridgehead atoms. The van der Waals surface area contributed by atoms with Crippen molar-refractivity contribution < 1.29 is 18.7 Å². The van der Waals surface area contributed by atoms with Crippen molar-refractivity contribution in [3.63, 3.8) is 0 Å². The number of hydrazone groups is 1. The van der Waals surface area contributed by atoms with E-state index in [1.54, 1.807) is 25.5 Å². The minimum Gasteiger partial charge on any atom is -0.493 e. The van der Waals surface area contributed by atoms with E-state index in [1.165, 1.54) is 5.39 Å². The summed E-state index contributed by atoms with van der Waals surface area (Å²) in [6.07, 6.45) is 1.55. The molecule has 1 aromatic heterocycles. The highest BCUT2D eigenvalue weighted by Gasteiger charge is 2.14. The van der Waals surface area contributed by atoms with Crippen LogP contribution in [0.15, 0.2) is 92.9 Å². The van der Waals surface area contributed by atoms with Crippen LogP contribution in [-0.2, 0) is 6.61 Å². The van der Waals surface area contributed by atoms with Gasteiger partial charge in [-0.3, -0.25) is 4.79 Å². The molecule has 0 aliphatic carbocycles. The molecule has 1 N–H and O–H groups in total. The van der Waals surface area contributed by atoms with Crippen molar-refractivity contribution in [3.05, 3.63) is 104 Å². The van der Waals surface area contributed by atoms with Crippen molar-refractivity contribution in [2.45, 2.75) is 6.61 Å². The second-order valence-corrected chi connectivity index (χ2v) is 10.0. The lowest BCUT2D eigenvalue weighted by molar-refractivity contribution is 0.0929. The molecule has 0 saturated carbocycles. The van der Waals surface area contributed by atoms with Crippen LogP contribution in [0.25, 0.3) is 21.7 Å². The first-order valence-electron chi connectivity index (χ1n) is 11.0. The molecule has 180 valence electrons. The number of carbonyl (C=O) groups is 1. The van der Waals surface area contributed by atoms with Gasteiger partial charge in [0.1, 0.15) is 12.2 Å². The fourth-order valence-corrected chi connectivity index (χ4v) is 5.03. The lowest BCUT2D eigenvalue weighted by atomic mass is 10.1. The largest absolute Gasteiger partial charge is 0.493 e. The first-order valence-corrected chi connectivity index (χ1v) is 12.9. The molecule has 0 saturated heterocycles. The molecular formula is C28H20BrIN2O4. The molecule has 1 heterocycles. The highest BCUT2D eigenvalue weighted by Crippen LogP contribution is 2.34. The summed E-state index contributed by atoms with van der Waals surface area (Å²) in [6, 6.07) is 25.4. The number of furan rings is 1. The van der Waals surface area contributed by atoms with E-state index in [9.17, 15) is 4.79 Å². The van der Waals surface area contributed by atoms with Gasteiger partial charge in [-0.05, 0) is 80.9 Å². The maximum atomic E-state index is 12.5. The Hall–Kier alpha value is -3.37. The Balaban J connectivity index is 1.29. The Bertz CT molecular complexity index is 1610. The second-order valence-electron chi connectivity index (χ2n) is 7.95. The van der Waals surface area contributed by atoms with E-state index in [-0.39, 0.29) is 5.76 Å². The Morgan fingerprint density at radius 3 is 2.75 bits per heavy atom. The number of nitrogens with zero attached hydrogens (tertiary/aromatic N) is 1. The zero-order chi connectivity index (χ0) is 25.1. The number of amides is 1. The predicted octanol–water partition coefficient (Wildman–Crippen LogP) is 7.30. The van der Waals surface area contributed by atoms with E-state index in [0.29, 0.717) is 23.7 Å². The molecule has 0 aliphatic heterocycles. The quantitative estimate of drug-likeness (QED) is 0.114. The topological polar surface area (TPSA) is 73.1 Å². The Morgan fingerprint density at radius 1 is 1.06 bits per heavy atom. The molecule has 36 heavy (non-hydrogen) atoms. The smallest absolute Gasteiger partial charge is 0.307 e. The van der Waals surface area contributed by atoms with Gasteiger partial charge in [-0.15, -0.1) is 0 Å². The van der Waals surface area contributed by atoms with Crippen molar-refractivity contribution in [3.8, 4) is 11.5 Å². The number of halogens is 2. The van der Waals surface area contributed by atoms with Gasteiger partial charge in [0.15, 0.2) is 17.3 Å². The van der Waals surface area contributed by atoms with Gasteiger partial charge in [-0.2, -0.15) is 5.10 Å². The minimum absolute atomic E-state index is 0.185. The molecule has 0 aliphatic rings. The number of methoxy groups -OCH3 is 1. The van der Waals surface area contributed by atoms with Crippen LogP contribution in [-0.4, -0.2) is 19.2 Å². The average Bonchev–Trinajstić information content (AvgIpc) is 3.31. The Morgan fingerprint density at radius 2 is 1.89 bits per heavy atom. The maximum Gasteiger partial charge on any atom is 0.307 e. The standard InChI is InChI=1S/C28H20BrIN2O4/c1-34-25-12-17(15-31-32-28(33)26-14-20-13-21(29)9-10-24(20)36-26)11-23(30)27(25)35-16-19-7-4-6-18-5-2-3-8-22(18)19/h2-15H,16H2,1H3,(H,32,33)/b31-15+. The molecule has 5 rings (SSSR count). The van der Waals surface area contributed by atoms with Gasteiger partial charge in [-0.25, -0.2) is 5.43 Å². The number of nitrogens with one attached hydrogen (secondary N) is 1. The number of carbonyl (C=O) groups excluding carboxylic acids is 1. The van der Waals surface area contributed by atoms with Gasteiger partial charge in [0.25, 0.3) is 0 Å². The van der Waals surface area contributed by atoms with Crippen LogP contribution in [0.1, 0.15) is 21.7 Å². The van der Waals surface area contributed by atoms with Crippen LogP contribution >= 0.6 is 38.5 Å². The average molecular weight is 655 g/mol. The van der Waals surface area contributed by atoms with Crippen LogP contribution in [0.2, 0.25) is 0 Å². The van der Waals surface area contributed by atoms with E-state index in [2.05, 4.69) is 73.3 Å². The SMILES string of the molecule is COc1cc(/C=N/NC(=O)c2cc3cc(Br)ccc3o2)cc(I)c1OCc1cccc2ccccc12. The summed E-state index contributed by atoms with van der Waals surface area (Å²) in [5.41, 5.74) is 4.99. The van der Waals surface area contributed by atoms with Crippen LogP contribution in [0.3, 0.4) is 0 Å². The Labute approximate surface area is 229 Å². The molecule has 0 fully saturated rings. The summed E-state index contributed by atoms with van der Waals surface area (Å²) < 4.78 is 19.1. The third-order valence-corrected chi connectivity index (χ3v) is 6.88. The van der Waals surface area contributed by atoms with Crippen molar-refractivity contribution in [1.29, 1.82) is 0 Å². The second kappa shape index (κ2) is 10.7. The van der Waals surface area contributed by atoms with Crippen LogP contribution in [0, 0.1) is 3.57 Å². The van der Waals surface area contributed by atoms with Crippen molar-refractivity contribution in [1.82, 2.24) is 5.43 Å². The fourth-order valence-electron chi connectivity index (χ4n) is 3.87. The van der Waals surface area contributed by atoms with Gasteiger partial charge in [-0.1, -0.05) is 58.4 Å². The van der Waals surface area contributed by atoms with E-state index >= 15 is 0 Å². The summed E-state index contributed by atoms with van der Waals surface area (Å²) in [5, 5.41) is 7.25. The lowest BCUT2D eigenvalue weighted by Crippen LogP contribution is -2.16. The number of benzene rings is 4. The minimum atomic E-state index is -0.435. The molecule has 0 radical (unpaired) electrons. The molecule has 0 atom stereocenters. The molecule has 5 aromatic rings. The van der Waals surface area contributed by atoms with Crippen molar-refractivity contribution >= 4 is 72.4 Å². The van der Waals surface area contributed by atoms with Crippen molar-refractivity contribution in [2.24, 2.45) is 5.10 Å². The highest BCUT2D eigenvalue weighted by molar-refractivity contribution is 14.1. The van der Waals surface area contributed by atoms with Gasteiger partial charge in [0.2, 0.25) is 0 Å². The highest BCUT2D eigenvalue weighted by atomic mass is 127. The monoisotopic (exact) mass is 654 g/mol. The number of ether oxygens (including phenoxy) is 2. The summed E-state index contributed by atoms with van der Waals surface area (Å²) in [6.45, 7) is 0.408. The van der Waals surface area contributed by atoms with Gasteiger partial charge in [0.05, 0.1) is 16.9 Å². The first kappa shape index (κ1) is 24.3. The van der Waals surface area contributed by atoms with E-state index in [1.807, 2.05) is 42.5 Å². The molecule has 6 nitrogen and oxygen atoms in total. The number of hydrogen-bond donors (Lipinski definition) is 1. The number of fused-ring (bicyclic) bond motifs is 2. The van der Waals surface area contributed by atoms with Crippen LogP contribution in [0.4, 0.5) is 0 Å². The lowest BCUT2D eigenvalue weighted by Gasteiger charge is -2.14. The van der Waals surface area contributed by atoms with E-state index in [0.717, 1.165) is 29.9 Å². The van der Waals surface area contributed by atoms with Gasteiger partial charge >= 0.3 is 5.91 Å². The number of rotatable bonds is 7. The summed E-state index contributed by atoms with van der Waals surface area (Å²) in [7, 11) is 1.60. The summed E-state index contributed by atoms with van der Waals surface area (Å²) in [5.74, 6) is 0.985. The summed E-state index contributed by atoms with van der Waals surface area (Å²) >= 11 is 5.62. The molecule has 8 heteroatoms. The van der Waals surface area contributed by atoms with Gasteiger partial charge in [0, 0.05) is 9.86 Å². The molecule has 0 spiro atoms.